The van der Waals surface area contributed by atoms with E-state index >= 15 is 0 Å². The Morgan fingerprint density at radius 3 is 2.70 bits per heavy atom. The number of methoxy groups -OCH3 is 1. The van der Waals surface area contributed by atoms with E-state index in [-0.39, 0.29) is 11.6 Å². The van der Waals surface area contributed by atoms with Crippen LogP contribution in [0, 0.1) is 0 Å². The number of nitrogens with one attached hydrogen (secondary N) is 2. The molecule has 0 saturated carbocycles. The summed E-state index contributed by atoms with van der Waals surface area (Å²) >= 11 is 0. The van der Waals surface area contributed by atoms with Gasteiger partial charge in [-0.25, -0.2) is 9.97 Å². The number of oxazole rings is 1. The van der Waals surface area contributed by atoms with Gasteiger partial charge in [0.05, 0.1) is 19.0 Å². The SMILES string of the molecule is COc1cccc(-c2cnc(-c3ccc(NC(=O)c4cocn4)cc3)[nH]2)c1. The number of carbonyl (C=O) groups excluding carboxylic acids is 1. The van der Waals surface area contributed by atoms with Gasteiger partial charge in [-0.3, -0.25) is 4.79 Å². The van der Waals surface area contributed by atoms with Crippen molar-refractivity contribution in [2.24, 2.45) is 0 Å². The Kier molecular flexibility index (Phi) is 4.40. The Morgan fingerprint density at radius 2 is 1.96 bits per heavy atom. The van der Waals surface area contributed by atoms with Gasteiger partial charge in [0, 0.05) is 16.8 Å². The minimum absolute atomic E-state index is 0.230. The summed E-state index contributed by atoms with van der Waals surface area (Å²) in [6, 6.07) is 15.1. The zero-order valence-electron chi connectivity index (χ0n) is 14.5. The van der Waals surface area contributed by atoms with Crippen LogP contribution < -0.4 is 10.1 Å². The van der Waals surface area contributed by atoms with Crippen LogP contribution >= 0.6 is 0 Å². The van der Waals surface area contributed by atoms with Crippen molar-refractivity contribution >= 4 is 11.6 Å². The lowest BCUT2D eigenvalue weighted by Gasteiger charge is -2.04. The molecule has 4 aromatic rings. The molecule has 0 radical (unpaired) electrons. The fourth-order valence-corrected chi connectivity index (χ4v) is 2.64. The minimum Gasteiger partial charge on any atom is -0.497 e. The molecule has 0 saturated heterocycles. The normalized spacial score (nSPS) is 10.6. The first kappa shape index (κ1) is 16.6. The molecule has 2 aromatic heterocycles. The van der Waals surface area contributed by atoms with E-state index in [0.717, 1.165) is 28.4 Å². The maximum Gasteiger partial charge on any atom is 0.277 e. The van der Waals surface area contributed by atoms with Crippen molar-refractivity contribution in [2.75, 3.05) is 12.4 Å². The van der Waals surface area contributed by atoms with E-state index in [1.807, 2.05) is 36.4 Å². The van der Waals surface area contributed by atoms with Gasteiger partial charge in [0.1, 0.15) is 17.8 Å². The molecule has 4 rings (SSSR count). The van der Waals surface area contributed by atoms with Gasteiger partial charge in [-0.1, -0.05) is 12.1 Å². The highest BCUT2D eigenvalue weighted by molar-refractivity contribution is 6.02. The molecule has 0 bridgehead atoms. The molecule has 0 aliphatic carbocycles. The van der Waals surface area contributed by atoms with Crippen molar-refractivity contribution in [3.8, 4) is 28.4 Å². The quantitative estimate of drug-likeness (QED) is 0.561. The second kappa shape index (κ2) is 7.17. The maximum atomic E-state index is 12.0. The third-order valence-electron chi connectivity index (χ3n) is 4.04. The van der Waals surface area contributed by atoms with Crippen LogP contribution in [0.25, 0.3) is 22.6 Å². The van der Waals surface area contributed by atoms with Crippen LogP contribution in [-0.4, -0.2) is 28.0 Å². The molecule has 2 heterocycles. The van der Waals surface area contributed by atoms with Crippen molar-refractivity contribution in [1.29, 1.82) is 0 Å². The third-order valence-corrected chi connectivity index (χ3v) is 4.04. The number of aromatic nitrogens is 3. The van der Waals surface area contributed by atoms with Crippen molar-refractivity contribution in [3.63, 3.8) is 0 Å². The fraction of sp³-hybridized carbons (Fsp3) is 0.0500. The van der Waals surface area contributed by atoms with Crippen molar-refractivity contribution < 1.29 is 13.9 Å². The van der Waals surface area contributed by atoms with Crippen LogP contribution in [0.2, 0.25) is 0 Å². The molecule has 0 fully saturated rings. The number of imidazole rings is 1. The molecule has 0 unspecified atom stereocenters. The second-order valence-corrected chi connectivity index (χ2v) is 5.78. The van der Waals surface area contributed by atoms with Crippen molar-refractivity contribution in [1.82, 2.24) is 15.0 Å². The molecule has 27 heavy (non-hydrogen) atoms. The summed E-state index contributed by atoms with van der Waals surface area (Å²) in [7, 11) is 1.64. The summed E-state index contributed by atoms with van der Waals surface area (Å²) in [5.41, 5.74) is 3.68. The third kappa shape index (κ3) is 3.57. The van der Waals surface area contributed by atoms with Crippen LogP contribution in [0.4, 0.5) is 5.69 Å². The van der Waals surface area contributed by atoms with Crippen LogP contribution in [-0.2, 0) is 0 Å². The highest BCUT2D eigenvalue weighted by Gasteiger charge is 2.10. The zero-order chi connectivity index (χ0) is 18.6. The van der Waals surface area contributed by atoms with Crippen LogP contribution in [0.3, 0.4) is 0 Å². The first-order valence-corrected chi connectivity index (χ1v) is 8.22. The van der Waals surface area contributed by atoms with Gasteiger partial charge in [0.25, 0.3) is 5.91 Å². The van der Waals surface area contributed by atoms with Gasteiger partial charge in [0.15, 0.2) is 12.1 Å². The molecule has 2 N–H and O–H groups in total. The molecule has 0 atom stereocenters. The summed E-state index contributed by atoms with van der Waals surface area (Å²) in [4.78, 5) is 23.5. The van der Waals surface area contributed by atoms with E-state index in [0.29, 0.717) is 5.69 Å². The first-order chi connectivity index (χ1) is 13.2. The van der Waals surface area contributed by atoms with E-state index in [2.05, 4.69) is 20.3 Å². The molecule has 2 aromatic carbocycles. The molecule has 1 amide bonds. The zero-order valence-corrected chi connectivity index (χ0v) is 14.5. The van der Waals surface area contributed by atoms with Gasteiger partial charge in [-0.2, -0.15) is 0 Å². The van der Waals surface area contributed by atoms with E-state index in [9.17, 15) is 4.79 Å². The molecule has 0 aliphatic heterocycles. The Bertz CT molecular complexity index is 1050. The average molecular weight is 360 g/mol. The topological polar surface area (TPSA) is 93.0 Å². The Balaban J connectivity index is 1.51. The number of carbonyl (C=O) groups is 1. The summed E-state index contributed by atoms with van der Waals surface area (Å²) in [6.45, 7) is 0. The van der Waals surface area contributed by atoms with Crippen LogP contribution in [0.5, 0.6) is 5.75 Å². The lowest BCUT2D eigenvalue weighted by Crippen LogP contribution is -2.11. The smallest absolute Gasteiger partial charge is 0.277 e. The molecular formula is C20H16N4O3. The molecule has 7 heteroatoms. The Hall–Kier alpha value is -3.87. The number of amides is 1. The van der Waals surface area contributed by atoms with Crippen molar-refractivity contribution in [2.45, 2.75) is 0 Å². The largest absolute Gasteiger partial charge is 0.497 e. The van der Waals surface area contributed by atoms with E-state index in [1.165, 1.54) is 12.7 Å². The van der Waals surface area contributed by atoms with E-state index < -0.39 is 0 Å². The summed E-state index contributed by atoms with van der Waals surface area (Å²) < 4.78 is 10.1. The lowest BCUT2D eigenvalue weighted by molar-refractivity contribution is 0.102. The van der Waals surface area contributed by atoms with Gasteiger partial charge in [-0.05, 0) is 36.4 Å². The molecule has 134 valence electrons. The highest BCUT2D eigenvalue weighted by atomic mass is 16.5. The van der Waals surface area contributed by atoms with E-state index in [1.54, 1.807) is 25.4 Å². The number of H-pyrrole nitrogens is 1. The van der Waals surface area contributed by atoms with Crippen LogP contribution in [0.15, 0.2) is 71.8 Å². The number of ether oxygens (including phenoxy) is 1. The predicted octanol–water partition coefficient (Wildman–Crippen LogP) is 3.99. The number of rotatable bonds is 5. The number of benzene rings is 2. The average Bonchev–Trinajstić information content (AvgIpc) is 3.41. The van der Waals surface area contributed by atoms with E-state index in [4.69, 9.17) is 9.15 Å². The van der Waals surface area contributed by atoms with Gasteiger partial charge in [0.2, 0.25) is 0 Å². The van der Waals surface area contributed by atoms with Gasteiger partial charge in [-0.15, -0.1) is 0 Å². The highest BCUT2D eigenvalue weighted by Crippen LogP contribution is 2.25. The summed E-state index contributed by atoms with van der Waals surface area (Å²) in [5.74, 6) is 1.20. The fourth-order valence-electron chi connectivity index (χ4n) is 2.64. The standard InChI is InChI=1S/C20H16N4O3/c1-26-16-4-2-3-14(9-16)17-10-21-19(24-17)13-5-7-15(8-6-13)23-20(25)18-11-27-12-22-18/h2-12H,1H3,(H,21,24)(H,23,25). The van der Waals surface area contributed by atoms with Crippen LogP contribution in [0.1, 0.15) is 10.5 Å². The summed E-state index contributed by atoms with van der Waals surface area (Å²) in [5, 5.41) is 2.76. The summed E-state index contributed by atoms with van der Waals surface area (Å²) in [6.07, 6.45) is 4.30. The maximum absolute atomic E-state index is 12.0. The number of hydrogen-bond donors (Lipinski definition) is 2. The predicted molar refractivity (Wildman–Crippen MR) is 100 cm³/mol. The Labute approximate surface area is 155 Å². The Morgan fingerprint density at radius 1 is 1.11 bits per heavy atom. The second-order valence-electron chi connectivity index (χ2n) is 5.78. The molecule has 0 aliphatic rings. The van der Waals surface area contributed by atoms with Crippen molar-refractivity contribution in [3.05, 3.63) is 73.1 Å². The first-order valence-electron chi connectivity index (χ1n) is 8.22. The molecule has 0 spiro atoms. The number of aromatic amines is 1. The number of hydrogen-bond acceptors (Lipinski definition) is 5. The van der Waals surface area contributed by atoms with Gasteiger partial charge >= 0.3 is 0 Å². The molecular weight excluding hydrogens is 344 g/mol. The number of anilines is 1. The minimum atomic E-state index is -0.324. The monoisotopic (exact) mass is 360 g/mol. The molecule has 7 nitrogen and oxygen atoms in total. The van der Waals surface area contributed by atoms with Gasteiger partial charge < -0.3 is 19.5 Å². The number of nitrogens with zero attached hydrogens (tertiary/aromatic N) is 2. The lowest BCUT2D eigenvalue weighted by atomic mass is 10.1.